The molecule has 0 bridgehead atoms. The molecule has 0 rings (SSSR count). The van der Waals surface area contributed by atoms with Crippen LogP contribution in [0.4, 0.5) is 0 Å². The molecule has 0 aliphatic rings. The van der Waals surface area contributed by atoms with Gasteiger partial charge in [0.15, 0.2) is 0 Å². The number of rotatable bonds is 9. The summed E-state index contributed by atoms with van der Waals surface area (Å²) in [5, 5.41) is 0. The van der Waals surface area contributed by atoms with Crippen molar-refractivity contribution in [2.24, 2.45) is 0 Å². The molecule has 0 amide bonds. The quantitative estimate of drug-likeness (QED) is 0.446. The van der Waals surface area contributed by atoms with E-state index in [0.717, 1.165) is 16.4 Å². The Balaban J connectivity index is 3.17. The van der Waals surface area contributed by atoms with Crippen molar-refractivity contribution in [2.45, 2.75) is 71.3 Å². The van der Waals surface area contributed by atoms with Crippen LogP contribution in [0.25, 0.3) is 0 Å². The van der Waals surface area contributed by atoms with Crippen LogP contribution in [-0.2, 0) is 0 Å². The highest BCUT2D eigenvalue weighted by molar-refractivity contribution is 6.04. The van der Waals surface area contributed by atoms with Gasteiger partial charge in [0.2, 0.25) is 0 Å². The van der Waals surface area contributed by atoms with Gasteiger partial charge < -0.3 is 4.98 Å². The van der Waals surface area contributed by atoms with E-state index < -0.39 is 0 Å². The van der Waals surface area contributed by atoms with Crippen LogP contribution in [0.15, 0.2) is 0 Å². The largest absolute Gasteiger partial charge is 0.343 e. The molecular weight excluding hydrogens is 174 g/mol. The first-order valence-electron chi connectivity index (χ1n) is 6.02. The van der Waals surface area contributed by atoms with Crippen molar-refractivity contribution in [1.29, 1.82) is 0 Å². The van der Waals surface area contributed by atoms with E-state index in [-0.39, 0.29) is 0 Å². The van der Waals surface area contributed by atoms with Crippen molar-refractivity contribution in [2.75, 3.05) is 0 Å². The van der Waals surface area contributed by atoms with E-state index in [1.54, 1.807) is 0 Å². The summed E-state index contributed by atoms with van der Waals surface area (Å²) in [6.07, 6.45) is 11.2. The third-order valence-corrected chi connectivity index (χ3v) is 3.52. The SMILES string of the molecule is CCCCCCCC(CCC)N[SiH3]. The van der Waals surface area contributed by atoms with Gasteiger partial charge >= 0.3 is 0 Å². The summed E-state index contributed by atoms with van der Waals surface area (Å²) < 4.78 is 0. The lowest BCUT2D eigenvalue weighted by atomic mass is 10.0. The molecule has 0 aromatic carbocycles. The topological polar surface area (TPSA) is 12.0 Å². The summed E-state index contributed by atoms with van der Waals surface area (Å²) in [7, 11) is 1.16. The van der Waals surface area contributed by atoms with Gasteiger partial charge in [0.05, 0.1) is 10.4 Å². The molecule has 0 aromatic heterocycles. The van der Waals surface area contributed by atoms with E-state index >= 15 is 0 Å². The molecule has 13 heavy (non-hydrogen) atoms. The van der Waals surface area contributed by atoms with E-state index in [2.05, 4.69) is 18.8 Å². The van der Waals surface area contributed by atoms with Crippen molar-refractivity contribution < 1.29 is 0 Å². The van der Waals surface area contributed by atoms with Crippen LogP contribution in [0.5, 0.6) is 0 Å². The van der Waals surface area contributed by atoms with E-state index in [1.165, 1.54) is 51.4 Å². The standard InChI is InChI=1S/C11H27NSi/c1-3-5-6-7-8-10-11(12-13)9-4-2/h11-12H,3-10H2,1-2,13H3. The first-order chi connectivity index (χ1) is 6.35. The zero-order valence-electron chi connectivity index (χ0n) is 9.73. The fourth-order valence-electron chi connectivity index (χ4n) is 1.78. The highest BCUT2D eigenvalue weighted by Crippen LogP contribution is 2.09. The van der Waals surface area contributed by atoms with Crippen molar-refractivity contribution in [3.05, 3.63) is 0 Å². The number of hydrogen-bond donors (Lipinski definition) is 1. The van der Waals surface area contributed by atoms with Gasteiger partial charge in [-0.15, -0.1) is 0 Å². The fraction of sp³-hybridized carbons (Fsp3) is 1.00. The van der Waals surface area contributed by atoms with Crippen molar-refractivity contribution in [3.63, 3.8) is 0 Å². The van der Waals surface area contributed by atoms with Gasteiger partial charge in [0.25, 0.3) is 0 Å². The maximum Gasteiger partial charge on any atom is 0.0752 e. The van der Waals surface area contributed by atoms with Crippen molar-refractivity contribution >= 4 is 10.4 Å². The van der Waals surface area contributed by atoms with Gasteiger partial charge in [-0.05, 0) is 18.9 Å². The maximum absolute atomic E-state index is 3.53. The number of unbranched alkanes of at least 4 members (excludes halogenated alkanes) is 4. The third kappa shape index (κ3) is 8.51. The average Bonchev–Trinajstić information content (AvgIpc) is 2.16. The molecule has 0 aliphatic heterocycles. The zero-order valence-corrected chi connectivity index (χ0v) is 11.7. The molecule has 1 N–H and O–H groups in total. The fourth-order valence-corrected chi connectivity index (χ4v) is 2.35. The van der Waals surface area contributed by atoms with Gasteiger partial charge in [-0.2, -0.15) is 0 Å². The maximum atomic E-state index is 3.53. The molecule has 80 valence electrons. The van der Waals surface area contributed by atoms with Gasteiger partial charge in [0.1, 0.15) is 0 Å². The molecule has 0 spiro atoms. The second-order valence-electron chi connectivity index (χ2n) is 3.98. The summed E-state index contributed by atoms with van der Waals surface area (Å²) in [5.74, 6) is 0. The lowest BCUT2D eigenvalue weighted by Crippen LogP contribution is -2.26. The lowest BCUT2D eigenvalue weighted by molar-refractivity contribution is 0.487. The molecular formula is C11H27NSi. The second-order valence-corrected chi connectivity index (χ2v) is 4.55. The normalized spacial score (nSPS) is 13.4. The Morgan fingerprint density at radius 1 is 0.923 bits per heavy atom. The first kappa shape index (κ1) is 13.2. The molecule has 1 unspecified atom stereocenters. The highest BCUT2D eigenvalue weighted by atomic mass is 28.2. The summed E-state index contributed by atoms with van der Waals surface area (Å²) in [4.78, 5) is 3.53. The van der Waals surface area contributed by atoms with Crippen LogP contribution < -0.4 is 4.98 Å². The van der Waals surface area contributed by atoms with Gasteiger partial charge in [-0.25, -0.2) is 0 Å². The molecule has 0 saturated carbocycles. The second kappa shape index (κ2) is 10.3. The highest BCUT2D eigenvalue weighted by Gasteiger charge is 2.02. The van der Waals surface area contributed by atoms with E-state index in [9.17, 15) is 0 Å². The minimum atomic E-state index is 0.832. The Hall–Kier alpha value is 0.177. The first-order valence-corrected chi connectivity index (χ1v) is 7.02. The molecule has 0 fully saturated rings. The van der Waals surface area contributed by atoms with Gasteiger partial charge in [-0.3, -0.25) is 0 Å². The van der Waals surface area contributed by atoms with Crippen molar-refractivity contribution in [1.82, 2.24) is 4.98 Å². The zero-order chi connectivity index (χ0) is 9.94. The smallest absolute Gasteiger partial charge is 0.0752 e. The Morgan fingerprint density at radius 2 is 1.62 bits per heavy atom. The van der Waals surface area contributed by atoms with E-state index in [0.29, 0.717) is 0 Å². The Kier molecular flexibility index (Phi) is 10.4. The predicted octanol–water partition coefficient (Wildman–Crippen LogP) is 2.39. The Labute approximate surface area is 87.2 Å². The van der Waals surface area contributed by atoms with Crippen molar-refractivity contribution in [3.8, 4) is 0 Å². The van der Waals surface area contributed by atoms with E-state index in [4.69, 9.17) is 0 Å². The molecule has 0 saturated heterocycles. The van der Waals surface area contributed by atoms with Crippen LogP contribution in [0.2, 0.25) is 0 Å². The van der Waals surface area contributed by atoms with Crippen LogP contribution in [-0.4, -0.2) is 16.4 Å². The van der Waals surface area contributed by atoms with Gasteiger partial charge in [-0.1, -0.05) is 52.4 Å². The van der Waals surface area contributed by atoms with Crippen LogP contribution in [0, 0.1) is 0 Å². The van der Waals surface area contributed by atoms with Crippen LogP contribution >= 0.6 is 0 Å². The van der Waals surface area contributed by atoms with Gasteiger partial charge in [0, 0.05) is 0 Å². The molecule has 2 heteroatoms. The monoisotopic (exact) mass is 201 g/mol. The Bertz CT molecular complexity index is 96.1. The number of nitrogens with one attached hydrogen (secondary N) is 1. The number of hydrogen-bond acceptors (Lipinski definition) is 1. The van der Waals surface area contributed by atoms with Crippen LogP contribution in [0.1, 0.15) is 65.2 Å². The van der Waals surface area contributed by atoms with Crippen LogP contribution in [0.3, 0.4) is 0 Å². The van der Waals surface area contributed by atoms with E-state index in [1.807, 2.05) is 0 Å². The average molecular weight is 201 g/mol. The third-order valence-electron chi connectivity index (χ3n) is 2.70. The minimum Gasteiger partial charge on any atom is -0.343 e. The molecule has 0 aliphatic carbocycles. The Morgan fingerprint density at radius 3 is 2.15 bits per heavy atom. The molecule has 1 atom stereocenters. The summed E-state index contributed by atoms with van der Waals surface area (Å²) in [5.41, 5.74) is 0. The summed E-state index contributed by atoms with van der Waals surface area (Å²) in [6.45, 7) is 4.56. The molecule has 0 radical (unpaired) electrons. The summed E-state index contributed by atoms with van der Waals surface area (Å²) in [6, 6.07) is 0.832. The predicted molar refractivity (Wildman–Crippen MR) is 65.1 cm³/mol. The minimum absolute atomic E-state index is 0.832. The molecule has 1 nitrogen and oxygen atoms in total. The lowest BCUT2D eigenvalue weighted by Gasteiger charge is -2.14. The molecule has 0 aromatic rings. The summed E-state index contributed by atoms with van der Waals surface area (Å²) >= 11 is 0. The molecule has 0 heterocycles.